The summed E-state index contributed by atoms with van der Waals surface area (Å²) in [7, 11) is 2.12. The molecule has 1 amide bonds. The molecular weight excluding hydrogens is 496 g/mol. The molecule has 4 rings (SSSR count). The molecule has 1 saturated heterocycles. The lowest BCUT2D eigenvalue weighted by Crippen LogP contribution is -2.44. The maximum atomic E-state index is 12.8. The second-order valence-corrected chi connectivity index (χ2v) is 9.18. The fourth-order valence-electron chi connectivity index (χ4n) is 3.69. The minimum Gasteiger partial charge on any atom is -0.368 e. The molecule has 160 valence electrons. The number of amides is 1. The Morgan fingerprint density at radius 3 is 2.48 bits per heavy atom. The Labute approximate surface area is 200 Å². The molecule has 0 bridgehead atoms. The Kier molecular flexibility index (Phi) is 6.77. The summed E-state index contributed by atoms with van der Waals surface area (Å²) in [4.78, 5) is 17.4. The van der Waals surface area contributed by atoms with Crippen LogP contribution >= 0.6 is 39.7 Å². The number of benzene rings is 3. The number of nitrogens with one attached hydrogen (secondary N) is 2. The van der Waals surface area contributed by atoms with E-state index in [0.29, 0.717) is 10.6 Å². The lowest BCUT2D eigenvalue weighted by Gasteiger charge is -2.34. The zero-order valence-corrected chi connectivity index (χ0v) is 20.1. The van der Waals surface area contributed by atoms with Gasteiger partial charge in [-0.3, -0.25) is 10.1 Å². The Balaban J connectivity index is 1.44. The monoisotopic (exact) mass is 516 g/mol. The van der Waals surface area contributed by atoms with E-state index in [0.717, 1.165) is 52.8 Å². The number of nitrogens with zero attached hydrogens (tertiary/aromatic N) is 2. The van der Waals surface area contributed by atoms with E-state index in [1.54, 1.807) is 6.07 Å². The predicted molar refractivity (Wildman–Crippen MR) is 136 cm³/mol. The van der Waals surface area contributed by atoms with Gasteiger partial charge in [-0.2, -0.15) is 0 Å². The van der Waals surface area contributed by atoms with Crippen LogP contribution < -0.4 is 15.5 Å². The van der Waals surface area contributed by atoms with Gasteiger partial charge in [0, 0.05) is 41.9 Å². The maximum absolute atomic E-state index is 12.8. The molecule has 3 aromatic rings. The molecule has 1 heterocycles. The number of hydrogen-bond donors (Lipinski definition) is 2. The lowest BCUT2D eigenvalue weighted by atomic mass is 10.0. The van der Waals surface area contributed by atoms with Gasteiger partial charge in [0.15, 0.2) is 5.11 Å². The molecule has 3 aromatic carbocycles. The highest BCUT2D eigenvalue weighted by Gasteiger charge is 2.17. The molecule has 0 radical (unpaired) electrons. The molecule has 0 saturated carbocycles. The average Bonchev–Trinajstić information content (AvgIpc) is 2.74. The molecule has 0 spiro atoms. The summed E-state index contributed by atoms with van der Waals surface area (Å²) >= 11 is 15.4. The van der Waals surface area contributed by atoms with Crippen molar-refractivity contribution in [2.45, 2.75) is 0 Å². The van der Waals surface area contributed by atoms with Crippen molar-refractivity contribution in [3.63, 3.8) is 0 Å². The molecule has 2 N–H and O–H groups in total. The number of anilines is 2. The van der Waals surface area contributed by atoms with Gasteiger partial charge in [0.25, 0.3) is 5.91 Å². The second-order valence-electron chi connectivity index (χ2n) is 7.51. The van der Waals surface area contributed by atoms with E-state index in [-0.39, 0.29) is 11.0 Å². The largest absolute Gasteiger partial charge is 0.368 e. The van der Waals surface area contributed by atoms with Crippen molar-refractivity contribution in [2.75, 3.05) is 43.4 Å². The van der Waals surface area contributed by atoms with Crippen molar-refractivity contribution in [1.82, 2.24) is 10.2 Å². The minimum absolute atomic E-state index is 0.223. The third-order valence-corrected chi connectivity index (χ3v) is 6.59. The first-order valence-electron chi connectivity index (χ1n) is 9.95. The highest BCUT2D eigenvalue weighted by Crippen LogP contribution is 2.30. The number of piperazine rings is 1. The standard InChI is InChI=1S/C23H22BrClN4OS/c1-28-10-12-29(13-11-28)21-9-8-15(14-20(21)25)26-23(31)27-22(30)18-6-2-5-17-16(18)4-3-7-19(17)24/h2-9,14H,10-13H2,1H3,(H2,26,27,30,31). The van der Waals surface area contributed by atoms with E-state index < -0.39 is 0 Å². The highest BCUT2D eigenvalue weighted by atomic mass is 79.9. The van der Waals surface area contributed by atoms with Gasteiger partial charge < -0.3 is 15.1 Å². The quantitative estimate of drug-likeness (QED) is 0.472. The summed E-state index contributed by atoms with van der Waals surface area (Å²) < 4.78 is 0.940. The third kappa shape index (κ3) is 5.01. The predicted octanol–water partition coefficient (Wildman–Crippen LogP) is 5.13. The van der Waals surface area contributed by atoms with Crippen LogP contribution in [0.3, 0.4) is 0 Å². The number of hydrogen-bond acceptors (Lipinski definition) is 4. The molecule has 1 fully saturated rings. The fraction of sp³-hybridized carbons (Fsp3) is 0.217. The number of carbonyl (C=O) groups is 1. The first-order valence-corrected chi connectivity index (χ1v) is 11.5. The molecule has 5 nitrogen and oxygen atoms in total. The van der Waals surface area contributed by atoms with Crippen LogP contribution in [-0.2, 0) is 0 Å². The third-order valence-electron chi connectivity index (χ3n) is 5.39. The number of carbonyl (C=O) groups excluding carboxylic acids is 1. The van der Waals surface area contributed by atoms with E-state index >= 15 is 0 Å². The van der Waals surface area contributed by atoms with Crippen molar-refractivity contribution in [2.24, 2.45) is 0 Å². The summed E-state index contributed by atoms with van der Waals surface area (Å²) in [5.74, 6) is -0.263. The Bertz CT molecular complexity index is 1150. The first-order chi connectivity index (χ1) is 14.9. The van der Waals surface area contributed by atoms with Crippen molar-refractivity contribution >= 4 is 72.9 Å². The fourth-order valence-corrected chi connectivity index (χ4v) is 4.70. The van der Waals surface area contributed by atoms with Crippen molar-refractivity contribution in [3.8, 4) is 0 Å². The molecule has 0 aromatic heterocycles. The van der Waals surface area contributed by atoms with Gasteiger partial charge in [-0.15, -0.1) is 0 Å². The van der Waals surface area contributed by atoms with Gasteiger partial charge in [-0.25, -0.2) is 0 Å². The summed E-state index contributed by atoms with van der Waals surface area (Å²) in [6.07, 6.45) is 0. The van der Waals surface area contributed by atoms with Crippen LogP contribution in [0.2, 0.25) is 5.02 Å². The molecule has 0 unspecified atom stereocenters. The smallest absolute Gasteiger partial charge is 0.258 e. The van der Waals surface area contributed by atoms with Gasteiger partial charge in [0.1, 0.15) is 0 Å². The van der Waals surface area contributed by atoms with E-state index in [2.05, 4.69) is 43.4 Å². The highest BCUT2D eigenvalue weighted by molar-refractivity contribution is 9.10. The summed E-state index contributed by atoms with van der Waals surface area (Å²) in [6, 6.07) is 17.1. The minimum atomic E-state index is -0.263. The zero-order valence-electron chi connectivity index (χ0n) is 17.0. The normalized spacial score (nSPS) is 14.5. The van der Waals surface area contributed by atoms with E-state index in [1.807, 2.05) is 48.5 Å². The van der Waals surface area contributed by atoms with Crippen LogP contribution in [0.25, 0.3) is 10.8 Å². The van der Waals surface area contributed by atoms with Gasteiger partial charge in [-0.1, -0.05) is 51.8 Å². The zero-order chi connectivity index (χ0) is 22.0. The number of thiocarbonyl (C=S) groups is 1. The number of rotatable bonds is 3. The van der Waals surface area contributed by atoms with Crippen molar-refractivity contribution in [3.05, 3.63) is 69.7 Å². The first kappa shape index (κ1) is 22.0. The van der Waals surface area contributed by atoms with Crippen LogP contribution in [0.15, 0.2) is 59.1 Å². The molecule has 0 aliphatic carbocycles. The Morgan fingerprint density at radius 1 is 1.03 bits per heavy atom. The topological polar surface area (TPSA) is 47.6 Å². The van der Waals surface area contributed by atoms with E-state index in [4.69, 9.17) is 23.8 Å². The Hall–Kier alpha value is -2.19. The summed E-state index contributed by atoms with van der Waals surface area (Å²) in [5, 5.41) is 8.53. The van der Waals surface area contributed by atoms with Crippen LogP contribution in [0, 0.1) is 0 Å². The molecule has 8 heteroatoms. The molecule has 1 aliphatic heterocycles. The van der Waals surface area contributed by atoms with Crippen LogP contribution in [0.5, 0.6) is 0 Å². The van der Waals surface area contributed by atoms with Crippen LogP contribution in [0.1, 0.15) is 10.4 Å². The summed E-state index contributed by atoms with van der Waals surface area (Å²) in [6.45, 7) is 3.91. The Morgan fingerprint density at radius 2 is 1.74 bits per heavy atom. The molecule has 1 aliphatic rings. The van der Waals surface area contributed by atoms with E-state index in [9.17, 15) is 4.79 Å². The molecular formula is C23H22BrClN4OS. The van der Waals surface area contributed by atoms with Crippen molar-refractivity contribution in [1.29, 1.82) is 0 Å². The summed E-state index contributed by atoms with van der Waals surface area (Å²) in [5.41, 5.74) is 2.30. The molecule has 31 heavy (non-hydrogen) atoms. The molecule has 0 atom stereocenters. The number of likely N-dealkylation sites (N-methyl/N-ethyl adjacent to an activating group) is 1. The van der Waals surface area contributed by atoms with Crippen LogP contribution in [0.4, 0.5) is 11.4 Å². The van der Waals surface area contributed by atoms with E-state index in [1.165, 1.54) is 0 Å². The SMILES string of the molecule is CN1CCN(c2ccc(NC(=S)NC(=O)c3cccc4c(Br)cccc34)cc2Cl)CC1. The van der Waals surface area contributed by atoms with Gasteiger partial charge in [-0.05, 0) is 60.4 Å². The van der Waals surface area contributed by atoms with Gasteiger partial charge in [0.2, 0.25) is 0 Å². The van der Waals surface area contributed by atoms with Gasteiger partial charge in [0.05, 0.1) is 10.7 Å². The number of fused-ring (bicyclic) bond motifs is 1. The average molecular weight is 518 g/mol. The van der Waals surface area contributed by atoms with Crippen LogP contribution in [-0.4, -0.2) is 49.1 Å². The van der Waals surface area contributed by atoms with Crippen molar-refractivity contribution < 1.29 is 4.79 Å². The number of halogens is 2. The van der Waals surface area contributed by atoms with Gasteiger partial charge >= 0.3 is 0 Å². The lowest BCUT2D eigenvalue weighted by molar-refractivity contribution is 0.0979. The maximum Gasteiger partial charge on any atom is 0.258 e. The second kappa shape index (κ2) is 9.53.